The molecule has 0 saturated heterocycles. The fourth-order valence-corrected chi connectivity index (χ4v) is 4.73. The first-order valence-electron chi connectivity index (χ1n) is 11.9. The Labute approximate surface area is 215 Å². The molecule has 0 bridgehead atoms. The highest BCUT2D eigenvalue weighted by atomic mass is 19.1. The number of halogens is 1. The van der Waals surface area contributed by atoms with Crippen molar-refractivity contribution >= 4 is 23.6 Å². The van der Waals surface area contributed by atoms with E-state index in [0.29, 0.717) is 0 Å². The minimum Gasteiger partial charge on any atom is -0.497 e. The molecule has 0 spiro atoms. The molecule has 2 amide bonds. The van der Waals surface area contributed by atoms with Gasteiger partial charge in [0.2, 0.25) is 0 Å². The van der Waals surface area contributed by atoms with Crippen LogP contribution in [0.4, 0.5) is 10.1 Å². The van der Waals surface area contributed by atoms with Crippen LogP contribution in [0.25, 0.3) is 6.08 Å². The van der Waals surface area contributed by atoms with Crippen molar-refractivity contribution in [2.45, 2.75) is 18.9 Å². The van der Waals surface area contributed by atoms with Crippen molar-refractivity contribution in [1.82, 2.24) is 10.9 Å². The average molecular weight is 504 g/mol. The van der Waals surface area contributed by atoms with E-state index in [9.17, 15) is 14.0 Å². The van der Waals surface area contributed by atoms with Crippen molar-refractivity contribution in [3.05, 3.63) is 101 Å². The second-order valence-electron chi connectivity index (χ2n) is 8.90. The van der Waals surface area contributed by atoms with Gasteiger partial charge in [-0.25, -0.2) is 4.39 Å². The number of methoxy groups -OCH3 is 2. The first-order chi connectivity index (χ1) is 17.8. The van der Waals surface area contributed by atoms with Crippen molar-refractivity contribution in [3.63, 3.8) is 0 Å². The van der Waals surface area contributed by atoms with Gasteiger partial charge in [0.25, 0.3) is 11.8 Å². The molecule has 0 saturated carbocycles. The van der Waals surface area contributed by atoms with Crippen LogP contribution in [0.2, 0.25) is 0 Å². The van der Waals surface area contributed by atoms with E-state index in [2.05, 4.69) is 34.8 Å². The van der Waals surface area contributed by atoms with Crippen LogP contribution in [0.15, 0.2) is 72.8 Å². The summed E-state index contributed by atoms with van der Waals surface area (Å²) in [6.45, 7) is 2.77. The Balaban J connectivity index is 1.63. The van der Waals surface area contributed by atoms with Gasteiger partial charge in [0.15, 0.2) is 0 Å². The molecule has 0 fully saturated rings. The fourth-order valence-electron chi connectivity index (χ4n) is 4.73. The van der Waals surface area contributed by atoms with Gasteiger partial charge in [-0.3, -0.25) is 20.4 Å². The number of anilines is 1. The fraction of sp³-hybridized carbons (Fsp3) is 0.241. The quantitative estimate of drug-likeness (QED) is 0.377. The molecule has 1 aliphatic rings. The van der Waals surface area contributed by atoms with Crippen molar-refractivity contribution in [2.24, 2.45) is 0 Å². The van der Waals surface area contributed by atoms with E-state index in [1.807, 2.05) is 42.5 Å². The Kier molecular flexibility index (Phi) is 7.89. The lowest BCUT2D eigenvalue weighted by atomic mass is 9.76. The summed E-state index contributed by atoms with van der Waals surface area (Å²) in [4.78, 5) is 25.7. The molecule has 0 aromatic heterocycles. The number of nitrogens with zero attached hydrogens (tertiary/aromatic N) is 1. The van der Waals surface area contributed by atoms with E-state index in [-0.39, 0.29) is 12.4 Å². The number of carbonyl (C=O) groups excluding carboxylic acids is 2. The number of amides is 2. The number of ether oxygens (including phenoxy) is 2. The van der Waals surface area contributed by atoms with Crippen molar-refractivity contribution < 1.29 is 23.5 Å². The zero-order valence-electron chi connectivity index (χ0n) is 21.1. The summed E-state index contributed by atoms with van der Waals surface area (Å²) in [7, 11) is 3.06. The van der Waals surface area contributed by atoms with Crippen LogP contribution in [0, 0.1) is 5.82 Å². The maximum atomic E-state index is 13.7. The third-order valence-corrected chi connectivity index (χ3v) is 6.62. The lowest BCUT2D eigenvalue weighted by molar-refractivity contribution is -0.129. The molecule has 3 aromatic rings. The summed E-state index contributed by atoms with van der Waals surface area (Å²) >= 11 is 0. The van der Waals surface area contributed by atoms with Gasteiger partial charge in [-0.05, 0) is 78.1 Å². The van der Waals surface area contributed by atoms with E-state index in [1.165, 1.54) is 30.9 Å². The molecule has 8 heteroatoms. The molecule has 4 rings (SSSR count). The summed E-state index contributed by atoms with van der Waals surface area (Å²) in [6.07, 6.45) is 3.84. The van der Waals surface area contributed by atoms with Gasteiger partial charge in [0, 0.05) is 25.4 Å². The summed E-state index contributed by atoms with van der Waals surface area (Å²) in [6, 6.07) is 20.7. The van der Waals surface area contributed by atoms with Crippen LogP contribution in [-0.2, 0) is 26.3 Å². The lowest BCUT2D eigenvalue weighted by Crippen LogP contribution is -2.49. The highest BCUT2D eigenvalue weighted by Crippen LogP contribution is 2.44. The van der Waals surface area contributed by atoms with Crippen LogP contribution < -0.4 is 20.5 Å². The highest BCUT2D eigenvalue weighted by Gasteiger charge is 2.40. The first kappa shape index (κ1) is 25.9. The molecule has 1 aliphatic heterocycles. The average Bonchev–Trinajstić information content (AvgIpc) is 2.91. The topological polar surface area (TPSA) is 79.9 Å². The SMILES string of the molecule is COCC(=O)NNC(=O)/C=C/c1ccc(C2(C)c3ccc(OC)cc3CCN2c2ccc(F)cc2)cc1. The molecule has 1 heterocycles. The van der Waals surface area contributed by atoms with Gasteiger partial charge < -0.3 is 14.4 Å². The third kappa shape index (κ3) is 5.65. The van der Waals surface area contributed by atoms with E-state index < -0.39 is 17.4 Å². The minimum atomic E-state index is -0.525. The molecular weight excluding hydrogens is 473 g/mol. The summed E-state index contributed by atoms with van der Waals surface area (Å²) < 4.78 is 23.9. The molecule has 1 unspecified atom stereocenters. The van der Waals surface area contributed by atoms with Crippen molar-refractivity contribution in [1.29, 1.82) is 0 Å². The van der Waals surface area contributed by atoms with Gasteiger partial charge in [-0.2, -0.15) is 0 Å². The summed E-state index contributed by atoms with van der Waals surface area (Å²) in [5.41, 5.74) is 9.21. The Bertz CT molecular complexity index is 1290. The molecule has 7 nitrogen and oxygen atoms in total. The van der Waals surface area contributed by atoms with Crippen LogP contribution in [0.5, 0.6) is 5.75 Å². The normalized spacial score (nSPS) is 16.8. The number of hydrogen-bond donors (Lipinski definition) is 2. The Morgan fingerprint density at radius 2 is 1.76 bits per heavy atom. The van der Waals surface area contributed by atoms with Crippen LogP contribution >= 0.6 is 0 Å². The molecule has 3 aromatic carbocycles. The number of hydrogen-bond acceptors (Lipinski definition) is 5. The zero-order chi connectivity index (χ0) is 26.4. The number of fused-ring (bicyclic) bond motifs is 1. The molecular formula is C29H30FN3O4. The summed E-state index contributed by atoms with van der Waals surface area (Å²) in [5, 5.41) is 0. The Morgan fingerprint density at radius 3 is 2.43 bits per heavy atom. The Morgan fingerprint density at radius 1 is 1.03 bits per heavy atom. The minimum absolute atomic E-state index is 0.144. The smallest absolute Gasteiger partial charge is 0.264 e. The van der Waals surface area contributed by atoms with Crippen LogP contribution in [0.3, 0.4) is 0 Å². The van der Waals surface area contributed by atoms with E-state index in [0.717, 1.165) is 41.1 Å². The number of carbonyl (C=O) groups is 2. The maximum Gasteiger partial charge on any atom is 0.264 e. The number of nitrogens with one attached hydrogen (secondary N) is 2. The van der Waals surface area contributed by atoms with Gasteiger partial charge in [-0.1, -0.05) is 30.3 Å². The Hall–Kier alpha value is -4.17. The van der Waals surface area contributed by atoms with Gasteiger partial charge in [-0.15, -0.1) is 0 Å². The van der Waals surface area contributed by atoms with E-state index in [4.69, 9.17) is 9.47 Å². The lowest BCUT2D eigenvalue weighted by Gasteiger charge is -2.48. The number of benzene rings is 3. The second-order valence-corrected chi connectivity index (χ2v) is 8.90. The standard InChI is InChI=1S/C29H30FN3O4/c1-29(22-7-4-20(5-8-22)6-15-27(34)31-32-28(35)19-36-2)26-14-13-25(37-3)18-21(26)16-17-33(29)24-11-9-23(30)10-12-24/h4-15,18H,16-17,19H2,1-3H3,(H,31,34)(H,32,35)/b15-6+. The predicted molar refractivity (Wildman–Crippen MR) is 141 cm³/mol. The predicted octanol–water partition coefficient (Wildman–Crippen LogP) is 3.97. The van der Waals surface area contributed by atoms with Crippen molar-refractivity contribution in [3.8, 4) is 5.75 Å². The molecule has 37 heavy (non-hydrogen) atoms. The van der Waals surface area contributed by atoms with E-state index in [1.54, 1.807) is 13.2 Å². The van der Waals surface area contributed by atoms with Crippen molar-refractivity contribution in [2.75, 3.05) is 32.3 Å². The molecule has 192 valence electrons. The highest BCUT2D eigenvalue weighted by molar-refractivity contribution is 5.93. The first-order valence-corrected chi connectivity index (χ1v) is 11.9. The molecule has 1 atom stereocenters. The van der Waals surface area contributed by atoms with Gasteiger partial charge in [0.05, 0.1) is 12.6 Å². The number of rotatable bonds is 7. The maximum absolute atomic E-state index is 13.7. The summed E-state index contributed by atoms with van der Waals surface area (Å²) in [5.74, 6) is -0.365. The number of hydrazine groups is 1. The molecule has 0 aliphatic carbocycles. The van der Waals surface area contributed by atoms with Gasteiger partial charge >= 0.3 is 0 Å². The third-order valence-electron chi connectivity index (χ3n) is 6.62. The largest absolute Gasteiger partial charge is 0.497 e. The monoisotopic (exact) mass is 503 g/mol. The second kappa shape index (κ2) is 11.3. The molecule has 2 N–H and O–H groups in total. The molecule has 0 radical (unpaired) electrons. The van der Waals surface area contributed by atoms with E-state index >= 15 is 0 Å². The zero-order valence-corrected chi connectivity index (χ0v) is 21.1. The van der Waals surface area contributed by atoms with Crippen LogP contribution in [0.1, 0.15) is 29.2 Å². The van der Waals surface area contributed by atoms with Gasteiger partial charge in [0.1, 0.15) is 18.2 Å². The van der Waals surface area contributed by atoms with Crippen LogP contribution in [-0.4, -0.2) is 39.2 Å².